The van der Waals surface area contributed by atoms with Crippen LogP contribution >= 0.6 is 0 Å². The Morgan fingerprint density at radius 1 is 0.920 bits per heavy atom. The number of hydrogen-bond acceptors (Lipinski definition) is 4. The molecule has 2 fully saturated rings. The maximum absolute atomic E-state index is 12.8. The third kappa shape index (κ3) is 4.12. The fourth-order valence-electron chi connectivity index (χ4n) is 3.43. The molecule has 8 heteroatoms. The van der Waals surface area contributed by atoms with Gasteiger partial charge in [0.15, 0.2) is 0 Å². The molecule has 0 aliphatic carbocycles. The van der Waals surface area contributed by atoms with E-state index in [2.05, 4.69) is 0 Å². The zero-order valence-electron chi connectivity index (χ0n) is 14.4. The van der Waals surface area contributed by atoms with Crippen molar-refractivity contribution in [2.24, 2.45) is 0 Å². The molecule has 2 aliphatic heterocycles. The Hall–Kier alpha value is -1.67. The zero-order valence-corrected chi connectivity index (χ0v) is 15.2. The quantitative estimate of drug-likeness (QED) is 0.796. The van der Waals surface area contributed by atoms with Crippen molar-refractivity contribution in [3.8, 4) is 0 Å². The van der Waals surface area contributed by atoms with Crippen molar-refractivity contribution in [2.45, 2.75) is 50.0 Å². The van der Waals surface area contributed by atoms with Crippen LogP contribution in [0.25, 0.3) is 0 Å². The summed E-state index contributed by atoms with van der Waals surface area (Å²) in [5, 5.41) is 0. The van der Waals surface area contributed by atoms with Crippen LogP contribution in [0, 0.1) is 0 Å². The van der Waals surface area contributed by atoms with E-state index in [-0.39, 0.29) is 22.9 Å². The lowest BCUT2D eigenvalue weighted by Crippen LogP contribution is -2.40. The van der Waals surface area contributed by atoms with Gasteiger partial charge in [0.1, 0.15) is 6.54 Å². The second-order valence-electron chi connectivity index (χ2n) is 6.74. The van der Waals surface area contributed by atoms with Gasteiger partial charge in [-0.2, -0.15) is 4.31 Å². The molecule has 3 rings (SSSR count). The van der Waals surface area contributed by atoms with Crippen LogP contribution in [0.15, 0.2) is 28.0 Å². The SMILES string of the molecule is O=C(Cn1cc(S(=O)(=O)N2CCCCC2)ccc1=O)N1CCCCC1. The van der Waals surface area contributed by atoms with Crippen molar-refractivity contribution in [1.82, 2.24) is 13.8 Å². The first kappa shape index (κ1) is 18.1. The molecule has 1 aromatic rings. The topological polar surface area (TPSA) is 79.7 Å². The molecule has 0 saturated carbocycles. The van der Waals surface area contributed by atoms with Gasteiger partial charge in [-0.15, -0.1) is 0 Å². The fourth-order valence-corrected chi connectivity index (χ4v) is 4.97. The highest BCUT2D eigenvalue weighted by atomic mass is 32.2. The van der Waals surface area contributed by atoms with Crippen LogP contribution in [-0.2, 0) is 21.4 Å². The predicted molar refractivity (Wildman–Crippen MR) is 93.7 cm³/mol. The van der Waals surface area contributed by atoms with Gasteiger partial charge in [-0.3, -0.25) is 9.59 Å². The number of rotatable bonds is 4. The van der Waals surface area contributed by atoms with Crippen molar-refractivity contribution in [1.29, 1.82) is 0 Å². The molecule has 7 nitrogen and oxygen atoms in total. The molecular formula is C17H25N3O4S. The predicted octanol–water partition coefficient (Wildman–Crippen LogP) is 1.04. The first-order valence-corrected chi connectivity index (χ1v) is 10.4. The van der Waals surface area contributed by atoms with Gasteiger partial charge in [0, 0.05) is 38.4 Å². The Bertz CT molecular complexity index is 775. The van der Waals surface area contributed by atoms with E-state index in [4.69, 9.17) is 0 Å². The van der Waals surface area contributed by atoms with Gasteiger partial charge in [0.25, 0.3) is 5.56 Å². The monoisotopic (exact) mass is 367 g/mol. The van der Waals surface area contributed by atoms with E-state index in [0.29, 0.717) is 26.2 Å². The average molecular weight is 367 g/mol. The Morgan fingerprint density at radius 3 is 2.16 bits per heavy atom. The number of likely N-dealkylation sites (tertiary alicyclic amines) is 1. The van der Waals surface area contributed by atoms with E-state index in [0.717, 1.165) is 38.5 Å². The summed E-state index contributed by atoms with van der Waals surface area (Å²) in [6.07, 6.45) is 7.13. The number of nitrogens with zero attached hydrogens (tertiary/aromatic N) is 3. The zero-order chi connectivity index (χ0) is 17.9. The van der Waals surface area contributed by atoms with Gasteiger partial charge in [-0.25, -0.2) is 8.42 Å². The highest BCUT2D eigenvalue weighted by Gasteiger charge is 2.27. The highest BCUT2D eigenvalue weighted by molar-refractivity contribution is 7.89. The number of carbonyl (C=O) groups excluding carboxylic acids is 1. The number of aromatic nitrogens is 1. The summed E-state index contributed by atoms with van der Waals surface area (Å²) < 4.78 is 28.2. The number of amides is 1. The maximum atomic E-state index is 12.8. The fraction of sp³-hybridized carbons (Fsp3) is 0.647. The summed E-state index contributed by atoms with van der Waals surface area (Å²) in [6.45, 7) is 2.32. The van der Waals surface area contributed by atoms with Crippen molar-refractivity contribution < 1.29 is 13.2 Å². The van der Waals surface area contributed by atoms with E-state index in [1.54, 1.807) is 4.90 Å². The Balaban J connectivity index is 1.80. The van der Waals surface area contributed by atoms with Crippen molar-refractivity contribution in [3.63, 3.8) is 0 Å². The third-order valence-electron chi connectivity index (χ3n) is 4.92. The number of pyridine rings is 1. The first-order valence-electron chi connectivity index (χ1n) is 8.97. The molecule has 0 atom stereocenters. The Morgan fingerprint density at radius 2 is 1.52 bits per heavy atom. The Kier molecular flexibility index (Phi) is 5.58. The maximum Gasteiger partial charge on any atom is 0.251 e. The minimum absolute atomic E-state index is 0.0837. The molecule has 2 aliphatic rings. The molecule has 0 spiro atoms. The van der Waals surface area contributed by atoms with Gasteiger partial charge in [0.2, 0.25) is 15.9 Å². The molecular weight excluding hydrogens is 342 g/mol. The average Bonchev–Trinajstić information content (AvgIpc) is 2.64. The molecule has 2 saturated heterocycles. The van der Waals surface area contributed by atoms with Gasteiger partial charge in [0.05, 0.1) is 4.90 Å². The number of sulfonamides is 1. The summed E-state index contributed by atoms with van der Waals surface area (Å²) in [5.74, 6) is -0.130. The standard InChI is InChI=1S/C17H25N3O4S/c21-16-8-7-15(25(23,24)20-11-5-2-6-12-20)13-19(16)14-17(22)18-9-3-1-4-10-18/h7-8,13H,1-6,9-12,14H2. The molecule has 0 aromatic carbocycles. The normalized spacial score (nSPS) is 19.8. The Labute approximate surface area is 148 Å². The third-order valence-corrected chi connectivity index (χ3v) is 6.81. The van der Waals surface area contributed by atoms with Gasteiger partial charge >= 0.3 is 0 Å². The highest BCUT2D eigenvalue weighted by Crippen LogP contribution is 2.19. The smallest absolute Gasteiger partial charge is 0.251 e. The number of carbonyl (C=O) groups is 1. The second-order valence-corrected chi connectivity index (χ2v) is 8.68. The molecule has 0 bridgehead atoms. The minimum Gasteiger partial charge on any atom is -0.341 e. The van der Waals surface area contributed by atoms with Gasteiger partial charge in [-0.1, -0.05) is 6.42 Å². The lowest BCUT2D eigenvalue weighted by molar-refractivity contribution is -0.132. The second kappa shape index (κ2) is 7.70. The molecule has 3 heterocycles. The molecule has 1 amide bonds. The summed E-state index contributed by atoms with van der Waals surface area (Å²) in [6, 6.07) is 2.58. The lowest BCUT2D eigenvalue weighted by atomic mass is 10.1. The van der Waals surface area contributed by atoms with Crippen LogP contribution in [0.5, 0.6) is 0 Å². The van der Waals surface area contributed by atoms with Crippen molar-refractivity contribution in [2.75, 3.05) is 26.2 Å². The summed E-state index contributed by atoms with van der Waals surface area (Å²) in [7, 11) is -3.61. The van der Waals surface area contributed by atoms with E-state index >= 15 is 0 Å². The van der Waals surface area contributed by atoms with Gasteiger partial charge in [-0.05, 0) is 38.2 Å². The van der Waals surface area contributed by atoms with Crippen molar-refractivity contribution in [3.05, 3.63) is 28.7 Å². The number of piperidine rings is 2. The molecule has 25 heavy (non-hydrogen) atoms. The lowest BCUT2D eigenvalue weighted by Gasteiger charge is -2.27. The van der Waals surface area contributed by atoms with Crippen LogP contribution in [0.4, 0.5) is 0 Å². The number of hydrogen-bond donors (Lipinski definition) is 0. The van der Waals surface area contributed by atoms with Crippen LogP contribution in [-0.4, -0.2) is 54.3 Å². The van der Waals surface area contributed by atoms with E-state index in [1.807, 2.05) is 0 Å². The van der Waals surface area contributed by atoms with Gasteiger partial charge < -0.3 is 9.47 Å². The largest absolute Gasteiger partial charge is 0.341 e. The van der Waals surface area contributed by atoms with E-state index in [9.17, 15) is 18.0 Å². The first-order chi connectivity index (χ1) is 12.0. The molecule has 1 aromatic heterocycles. The summed E-state index contributed by atoms with van der Waals surface area (Å²) in [5.41, 5.74) is -0.358. The van der Waals surface area contributed by atoms with Crippen LogP contribution in [0.1, 0.15) is 38.5 Å². The van der Waals surface area contributed by atoms with E-state index in [1.165, 1.54) is 27.2 Å². The summed E-state index contributed by atoms with van der Waals surface area (Å²) in [4.78, 5) is 26.3. The molecule has 0 radical (unpaired) electrons. The minimum atomic E-state index is -3.61. The van der Waals surface area contributed by atoms with Crippen LogP contribution < -0.4 is 5.56 Å². The molecule has 138 valence electrons. The summed E-state index contributed by atoms with van der Waals surface area (Å²) >= 11 is 0. The molecule has 0 unspecified atom stereocenters. The molecule has 0 N–H and O–H groups in total. The van der Waals surface area contributed by atoms with E-state index < -0.39 is 10.0 Å². The van der Waals surface area contributed by atoms with Crippen LogP contribution in [0.2, 0.25) is 0 Å². The van der Waals surface area contributed by atoms with Crippen molar-refractivity contribution >= 4 is 15.9 Å². The van der Waals surface area contributed by atoms with Crippen LogP contribution in [0.3, 0.4) is 0 Å².